The molecule has 3 N–H and O–H groups in total. The Morgan fingerprint density at radius 2 is 1.79 bits per heavy atom. The maximum absolute atomic E-state index is 12.4. The van der Waals surface area contributed by atoms with Gasteiger partial charge in [-0.25, -0.2) is 0 Å². The van der Waals surface area contributed by atoms with Gasteiger partial charge in [0, 0.05) is 25.2 Å². The van der Waals surface area contributed by atoms with E-state index in [1.54, 1.807) is 0 Å². The summed E-state index contributed by atoms with van der Waals surface area (Å²) in [6.07, 6.45) is 9.86. The molecule has 19 heavy (non-hydrogen) atoms. The standard InChI is InChI=1S/C15H29N3O/c1-12(15(19)17-13-6-2-3-7-13)18(11-10-16)14-8-4-5-9-14/h12-14H,2-11,16H2,1H3,(H,17,19). The molecule has 0 aromatic heterocycles. The van der Waals surface area contributed by atoms with Gasteiger partial charge in [0.1, 0.15) is 0 Å². The van der Waals surface area contributed by atoms with E-state index in [1.807, 2.05) is 6.92 Å². The number of amides is 1. The van der Waals surface area contributed by atoms with Crippen LogP contribution in [0.3, 0.4) is 0 Å². The second-order valence-electron chi connectivity index (χ2n) is 6.13. The molecule has 0 aromatic carbocycles. The van der Waals surface area contributed by atoms with Crippen LogP contribution in [-0.2, 0) is 4.79 Å². The van der Waals surface area contributed by atoms with Gasteiger partial charge >= 0.3 is 0 Å². The summed E-state index contributed by atoms with van der Waals surface area (Å²) in [6, 6.07) is 0.943. The molecule has 0 aliphatic heterocycles. The zero-order valence-electron chi connectivity index (χ0n) is 12.2. The minimum atomic E-state index is -0.0350. The fraction of sp³-hybridized carbons (Fsp3) is 0.933. The molecular formula is C15H29N3O. The maximum Gasteiger partial charge on any atom is 0.237 e. The molecule has 2 aliphatic carbocycles. The highest BCUT2D eigenvalue weighted by Crippen LogP contribution is 2.25. The quantitative estimate of drug-likeness (QED) is 0.769. The van der Waals surface area contributed by atoms with Crippen LogP contribution in [-0.4, -0.2) is 42.0 Å². The summed E-state index contributed by atoms with van der Waals surface area (Å²) in [6.45, 7) is 3.51. The van der Waals surface area contributed by atoms with Crippen LogP contribution in [0.2, 0.25) is 0 Å². The second kappa shape index (κ2) is 7.25. The van der Waals surface area contributed by atoms with Gasteiger partial charge < -0.3 is 11.1 Å². The molecule has 2 saturated carbocycles. The predicted molar refractivity (Wildman–Crippen MR) is 77.9 cm³/mol. The summed E-state index contributed by atoms with van der Waals surface area (Å²) in [5, 5.41) is 3.22. The molecule has 0 saturated heterocycles. The zero-order chi connectivity index (χ0) is 13.7. The lowest BCUT2D eigenvalue weighted by molar-refractivity contribution is -0.127. The van der Waals surface area contributed by atoms with Crippen LogP contribution in [0, 0.1) is 0 Å². The number of nitrogens with one attached hydrogen (secondary N) is 1. The molecule has 4 heteroatoms. The Morgan fingerprint density at radius 1 is 1.21 bits per heavy atom. The van der Waals surface area contributed by atoms with Crippen molar-refractivity contribution >= 4 is 5.91 Å². The van der Waals surface area contributed by atoms with Crippen molar-refractivity contribution in [2.45, 2.75) is 76.4 Å². The third-order valence-electron chi connectivity index (χ3n) is 4.76. The monoisotopic (exact) mass is 267 g/mol. The van der Waals surface area contributed by atoms with Crippen molar-refractivity contribution in [2.75, 3.05) is 13.1 Å². The van der Waals surface area contributed by atoms with Crippen molar-refractivity contribution in [1.82, 2.24) is 10.2 Å². The summed E-state index contributed by atoms with van der Waals surface area (Å²) >= 11 is 0. The van der Waals surface area contributed by atoms with E-state index in [2.05, 4.69) is 10.2 Å². The van der Waals surface area contributed by atoms with Gasteiger partial charge in [-0.05, 0) is 32.6 Å². The number of hydrogen-bond acceptors (Lipinski definition) is 3. The van der Waals surface area contributed by atoms with E-state index < -0.39 is 0 Å². The van der Waals surface area contributed by atoms with Crippen molar-refractivity contribution in [1.29, 1.82) is 0 Å². The highest BCUT2D eigenvalue weighted by atomic mass is 16.2. The van der Waals surface area contributed by atoms with Crippen LogP contribution >= 0.6 is 0 Å². The molecule has 2 aliphatic rings. The van der Waals surface area contributed by atoms with Crippen molar-refractivity contribution < 1.29 is 4.79 Å². The summed E-state index contributed by atoms with van der Waals surface area (Å²) < 4.78 is 0. The van der Waals surface area contributed by atoms with Crippen LogP contribution in [0.4, 0.5) is 0 Å². The molecule has 0 heterocycles. The first-order chi connectivity index (χ1) is 9.22. The summed E-state index contributed by atoms with van der Waals surface area (Å²) in [4.78, 5) is 14.7. The molecule has 1 amide bonds. The van der Waals surface area contributed by atoms with Crippen LogP contribution in [0.15, 0.2) is 0 Å². The predicted octanol–water partition coefficient (Wildman–Crippen LogP) is 1.64. The molecule has 4 nitrogen and oxygen atoms in total. The maximum atomic E-state index is 12.4. The molecule has 110 valence electrons. The van der Waals surface area contributed by atoms with Crippen LogP contribution in [0.5, 0.6) is 0 Å². The summed E-state index contributed by atoms with van der Waals surface area (Å²) in [7, 11) is 0. The summed E-state index contributed by atoms with van der Waals surface area (Å²) in [5.74, 6) is 0.201. The third-order valence-corrected chi connectivity index (χ3v) is 4.76. The highest BCUT2D eigenvalue weighted by molar-refractivity contribution is 5.81. The average molecular weight is 267 g/mol. The lowest BCUT2D eigenvalue weighted by Crippen LogP contribution is -2.52. The van der Waals surface area contributed by atoms with Crippen LogP contribution < -0.4 is 11.1 Å². The van der Waals surface area contributed by atoms with Crippen molar-refractivity contribution in [3.05, 3.63) is 0 Å². The minimum Gasteiger partial charge on any atom is -0.352 e. The third kappa shape index (κ3) is 3.93. The van der Waals surface area contributed by atoms with Gasteiger partial charge in [-0.1, -0.05) is 25.7 Å². The first kappa shape index (κ1) is 14.8. The Hall–Kier alpha value is -0.610. The number of rotatable bonds is 6. The minimum absolute atomic E-state index is 0.0350. The van der Waals surface area contributed by atoms with E-state index in [-0.39, 0.29) is 11.9 Å². The number of hydrogen-bond donors (Lipinski definition) is 2. The van der Waals surface area contributed by atoms with Gasteiger partial charge in [-0.3, -0.25) is 9.69 Å². The molecule has 0 bridgehead atoms. The average Bonchev–Trinajstić information content (AvgIpc) is 3.07. The Labute approximate surface area is 117 Å². The molecule has 2 rings (SSSR count). The van der Waals surface area contributed by atoms with E-state index in [4.69, 9.17) is 5.73 Å². The molecule has 1 atom stereocenters. The van der Waals surface area contributed by atoms with Crippen molar-refractivity contribution in [3.63, 3.8) is 0 Å². The lowest BCUT2D eigenvalue weighted by Gasteiger charge is -2.33. The highest BCUT2D eigenvalue weighted by Gasteiger charge is 2.30. The Kier molecular flexibility index (Phi) is 5.64. The van der Waals surface area contributed by atoms with E-state index in [0.29, 0.717) is 18.6 Å². The van der Waals surface area contributed by atoms with Crippen LogP contribution in [0.1, 0.15) is 58.3 Å². The van der Waals surface area contributed by atoms with Gasteiger partial charge in [0.25, 0.3) is 0 Å². The SMILES string of the molecule is CC(C(=O)NC1CCCC1)N(CCN)C1CCCC1. The first-order valence-corrected chi connectivity index (χ1v) is 7.98. The molecular weight excluding hydrogens is 238 g/mol. The van der Waals surface area contributed by atoms with Gasteiger partial charge in [0.2, 0.25) is 5.91 Å². The lowest BCUT2D eigenvalue weighted by atomic mass is 10.1. The number of nitrogens with zero attached hydrogens (tertiary/aromatic N) is 1. The number of carbonyl (C=O) groups excluding carboxylic acids is 1. The first-order valence-electron chi connectivity index (χ1n) is 7.98. The second-order valence-corrected chi connectivity index (χ2v) is 6.13. The molecule has 2 fully saturated rings. The van der Waals surface area contributed by atoms with Crippen molar-refractivity contribution in [3.8, 4) is 0 Å². The van der Waals surface area contributed by atoms with E-state index in [9.17, 15) is 4.79 Å². The van der Waals surface area contributed by atoms with Gasteiger partial charge in [-0.2, -0.15) is 0 Å². The van der Waals surface area contributed by atoms with Gasteiger partial charge in [0.05, 0.1) is 6.04 Å². The normalized spacial score (nSPS) is 23.1. The number of nitrogens with two attached hydrogens (primary N) is 1. The Bertz CT molecular complexity index is 283. The van der Waals surface area contributed by atoms with E-state index in [0.717, 1.165) is 19.4 Å². The Morgan fingerprint density at radius 3 is 2.37 bits per heavy atom. The van der Waals surface area contributed by atoms with Gasteiger partial charge in [0.15, 0.2) is 0 Å². The zero-order valence-corrected chi connectivity index (χ0v) is 12.2. The van der Waals surface area contributed by atoms with Crippen molar-refractivity contribution in [2.24, 2.45) is 5.73 Å². The number of carbonyl (C=O) groups is 1. The molecule has 0 spiro atoms. The van der Waals surface area contributed by atoms with E-state index >= 15 is 0 Å². The fourth-order valence-electron chi connectivity index (χ4n) is 3.62. The largest absolute Gasteiger partial charge is 0.352 e. The van der Waals surface area contributed by atoms with E-state index in [1.165, 1.54) is 38.5 Å². The van der Waals surface area contributed by atoms with Gasteiger partial charge in [-0.15, -0.1) is 0 Å². The fourth-order valence-corrected chi connectivity index (χ4v) is 3.62. The Balaban J connectivity index is 1.89. The summed E-state index contributed by atoms with van der Waals surface area (Å²) in [5.41, 5.74) is 5.73. The smallest absolute Gasteiger partial charge is 0.237 e. The molecule has 0 aromatic rings. The molecule has 0 radical (unpaired) electrons. The topological polar surface area (TPSA) is 58.4 Å². The molecule has 1 unspecified atom stereocenters. The van der Waals surface area contributed by atoms with Crippen LogP contribution in [0.25, 0.3) is 0 Å².